The maximum Gasteiger partial charge on any atom is 0.0842 e. The summed E-state index contributed by atoms with van der Waals surface area (Å²) in [5.74, 6) is 0. The first-order chi connectivity index (χ1) is 11.7. The summed E-state index contributed by atoms with van der Waals surface area (Å²) < 4.78 is 0. The second-order valence-corrected chi connectivity index (χ2v) is 5.51. The second-order valence-electron chi connectivity index (χ2n) is 5.51. The van der Waals surface area contributed by atoms with Crippen LogP contribution in [0.1, 0.15) is 36.4 Å². The van der Waals surface area contributed by atoms with Crippen molar-refractivity contribution in [3.8, 4) is 0 Å². The Hall–Kier alpha value is -3.14. The van der Waals surface area contributed by atoms with Crippen molar-refractivity contribution in [2.24, 2.45) is 0 Å². The van der Waals surface area contributed by atoms with Crippen molar-refractivity contribution >= 4 is 23.3 Å². The molecule has 0 atom stereocenters. The van der Waals surface area contributed by atoms with Gasteiger partial charge in [-0.2, -0.15) is 0 Å². The van der Waals surface area contributed by atoms with E-state index in [2.05, 4.69) is 50.3 Å². The molecule has 2 aromatic heterocycles. The number of nitrogens with zero attached hydrogens (tertiary/aromatic N) is 4. The van der Waals surface area contributed by atoms with Crippen LogP contribution in [0, 0.1) is 0 Å². The monoisotopic (exact) mass is 314 g/mol. The van der Waals surface area contributed by atoms with Crippen LogP contribution in [-0.2, 0) is 0 Å². The Morgan fingerprint density at radius 2 is 1.25 bits per heavy atom. The summed E-state index contributed by atoms with van der Waals surface area (Å²) in [6, 6.07) is 8.34. The highest BCUT2D eigenvalue weighted by atomic mass is 14.8. The highest BCUT2D eigenvalue weighted by molar-refractivity contribution is 5.81. The smallest absolute Gasteiger partial charge is 0.0842 e. The number of rotatable bonds is 4. The molecule has 24 heavy (non-hydrogen) atoms. The highest BCUT2D eigenvalue weighted by Gasteiger charge is 2.00. The van der Waals surface area contributed by atoms with E-state index in [1.165, 1.54) is 0 Å². The molecule has 3 rings (SSSR count). The van der Waals surface area contributed by atoms with Gasteiger partial charge in [-0.05, 0) is 54.3 Å². The van der Waals surface area contributed by atoms with Gasteiger partial charge in [-0.25, -0.2) is 0 Å². The predicted octanol–water partition coefficient (Wildman–Crippen LogP) is 4.39. The van der Waals surface area contributed by atoms with Crippen LogP contribution in [0.15, 0.2) is 61.4 Å². The van der Waals surface area contributed by atoms with Gasteiger partial charge in [-0.3, -0.25) is 19.9 Å². The quantitative estimate of drug-likeness (QED) is 0.717. The predicted molar refractivity (Wildman–Crippen MR) is 97.6 cm³/mol. The van der Waals surface area contributed by atoms with E-state index in [0.717, 1.165) is 33.7 Å². The molecular formula is C20H18N4. The molecule has 0 unspecified atom stereocenters. The molecule has 0 bridgehead atoms. The van der Waals surface area contributed by atoms with Crippen LogP contribution in [0.4, 0.5) is 0 Å². The molecule has 1 aromatic carbocycles. The van der Waals surface area contributed by atoms with Gasteiger partial charge in [0.25, 0.3) is 0 Å². The molecular weight excluding hydrogens is 296 g/mol. The molecule has 0 amide bonds. The van der Waals surface area contributed by atoms with Gasteiger partial charge < -0.3 is 0 Å². The molecule has 0 fully saturated rings. The summed E-state index contributed by atoms with van der Waals surface area (Å²) in [6.45, 7) is 4.08. The number of allylic oxidation sites excluding steroid dienone is 2. The lowest BCUT2D eigenvalue weighted by Crippen LogP contribution is -1.87. The molecule has 3 aromatic rings. The Morgan fingerprint density at radius 1 is 0.750 bits per heavy atom. The second kappa shape index (κ2) is 7.42. The van der Waals surface area contributed by atoms with Crippen molar-refractivity contribution in [1.82, 2.24) is 19.9 Å². The minimum Gasteiger partial charge on any atom is -0.261 e. The lowest BCUT2D eigenvalue weighted by atomic mass is 10.0. The maximum atomic E-state index is 4.33. The fourth-order valence-electron chi connectivity index (χ4n) is 2.39. The van der Waals surface area contributed by atoms with Crippen LogP contribution in [-0.4, -0.2) is 19.9 Å². The average molecular weight is 314 g/mol. The molecule has 0 spiro atoms. The molecule has 2 heterocycles. The molecule has 0 aliphatic carbocycles. The van der Waals surface area contributed by atoms with Crippen LogP contribution >= 0.6 is 0 Å². The Morgan fingerprint density at radius 3 is 1.67 bits per heavy atom. The largest absolute Gasteiger partial charge is 0.261 e. The molecule has 0 aliphatic rings. The normalized spacial score (nSPS) is 12.2. The van der Waals surface area contributed by atoms with E-state index < -0.39 is 0 Å². The lowest BCUT2D eigenvalue weighted by molar-refractivity contribution is 1.16. The molecule has 0 radical (unpaired) electrons. The van der Waals surface area contributed by atoms with Gasteiger partial charge in [0.2, 0.25) is 0 Å². The van der Waals surface area contributed by atoms with E-state index in [-0.39, 0.29) is 0 Å². The van der Waals surface area contributed by atoms with Gasteiger partial charge in [0, 0.05) is 24.8 Å². The minimum absolute atomic E-state index is 0.884. The van der Waals surface area contributed by atoms with E-state index in [1.807, 2.05) is 19.9 Å². The number of aromatic nitrogens is 4. The topological polar surface area (TPSA) is 51.6 Å². The lowest BCUT2D eigenvalue weighted by Gasteiger charge is -2.03. The van der Waals surface area contributed by atoms with Gasteiger partial charge in [-0.15, -0.1) is 0 Å². The molecule has 0 N–H and O–H groups in total. The summed E-state index contributed by atoms with van der Waals surface area (Å²) in [6.07, 6.45) is 14.5. The van der Waals surface area contributed by atoms with Gasteiger partial charge >= 0.3 is 0 Å². The van der Waals surface area contributed by atoms with Crippen LogP contribution < -0.4 is 0 Å². The van der Waals surface area contributed by atoms with Crippen molar-refractivity contribution in [3.63, 3.8) is 0 Å². The Labute approximate surface area is 141 Å². The van der Waals surface area contributed by atoms with Crippen LogP contribution in [0.5, 0.6) is 0 Å². The van der Waals surface area contributed by atoms with Gasteiger partial charge in [0.15, 0.2) is 0 Å². The summed E-state index contributed by atoms with van der Waals surface area (Å²) >= 11 is 0. The van der Waals surface area contributed by atoms with Crippen LogP contribution in [0.25, 0.3) is 23.3 Å². The summed E-state index contributed by atoms with van der Waals surface area (Å²) in [4.78, 5) is 16.9. The third kappa shape index (κ3) is 3.98. The molecule has 4 nitrogen and oxygen atoms in total. The average Bonchev–Trinajstić information content (AvgIpc) is 2.63. The third-order valence-electron chi connectivity index (χ3n) is 3.61. The zero-order chi connectivity index (χ0) is 16.8. The van der Waals surface area contributed by atoms with Crippen molar-refractivity contribution in [1.29, 1.82) is 0 Å². The van der Waals surface area contributed by atoms with Crippen LogP contribution in [0.3, 0.4) is 0 Å². The summed E-state index contributed by atoms with van der Waals surface area (Å²) in [5.41, 5.74) is 6.17. The number of hydrogen-bond donors (Lipinski definition) is 0. The summed E-state index contributed by atoms with van der Waals surface area (Å²) in [5, 5.41) is 0. The van der Waals surface area contributed by atoms with Crippen molar-refractivity contribution < 1.29 is 0 Å². The van der Waals surface area contributed by atoms with E-state index in [4.69, 9.17) is 0 Å². The van der Waals surface area contributed by atoms with Crippen molar-refractivity contribution in [2.75, 3.05) is 0 Å². The molecule has 0 aliphatic heterocycles. The molecule has 118 valence electrons. The maximum absolute atomic E-state index is 4.33. The zero-order valence-electron chi connectivity index (χ0n) is 13.7. The van der Waals surface area contributed by atoms with E-state index in [9.17, 15) is 0 Å². The van der Waals surface area contributed by atoms with Crippen molar-refractivity contribution in [3.05, 3.63) is 84.0 Å². The van der Waals surface area contributed by atoms with Gasteiger partial charge in [-0.1, -0.05) is 18.2 Å². The first-order valence-corrected chi connectivity index (χ1v) is 7.72. The highest BCUT2D eigenvalue weighted by Crippen LogP contribution is 2.19. The summed E-state index contributed by atoms with van der Waals surface area (Å²) in [7, 11) is 0. The Balaban J connectivity index is 1.87. The van der Waals surface area contributed by atoms with Crippen molar-refractivity contribution in [2.45, 2.75) is 13.8 Å². The number of hydrogen-bond acceptors (Lipinski definition) is 4. The SMILES string of the molecule is CC(=Cc1cccc(C=C(C)c2cnccn2)c1)c1cnccn1. The fraction of sp³-hybridized carbons (Fsp3) is 0.100. The molecule has 0 saturated heterocycles. The number of benzene rings is 1. The van der Waals surface area contributed by atoms with Crippen LogP contribution in [0.2, 0.25) is 0 Å². The fourth-order valence-corrected chi connectivity index (χ4v) is 2.39. The first-order valence-electron chi connectivity index (χ1n) is 7.72. The standard InChI is InChI=1S/C20H18N4/c1-15(19-13-21-6-8-23-19)10-17-4-3-5-18(12-17)11-16(2)20-14-22-7-9-24-20/h3-14H,1-2H3. The van der Waals surface area contributed by atoms with E-state index in [0.29, 0.717) is 0 Å². The molecule has 4 heteroatoms. The van der Waals surface area contributed by atoms with E-state index >= 15 is 0 Å². The minimum atomic E-state index is 0.884. The Bertz CT molecular complexity index is 798. The first kappa shape index (κ1) is 15.7. The zero-order valence-corrected chi connectivity index (χ0v) is 13.7. The van der Waals surface area contributed by atoms with Gasteiger partial charge in [0.1, 0.15) is 0 Å². The Kier molecular flexibility index (Phi) is 4.87. The third-order valence-corrected chi connectivity index (χ3v) is 3.61. The molecule has 0 saturated carbocycles. The van der Waals surface area contributed by atoms with E-state index in [1.54, 1.807) is 37.2 Å². The van der Waals surface area contributed by atoms with Gasteiger partial charge in [0.05, 0.1) is 23.8 Å².